The summed E-state index contributed by atoms with van der Waals surface area (Å²) in [5, 5.41) is 10.6. The van der Waals surface area contributed by atoms with Crippen molar-refractivity contribution in [3.05, 3.63) is 34.4 Å². The highest BCUT2D eigenvalue weighted by molar-refractivity contribution is 7.89. The summed E-state index contributed by atoms with van der Waals surface area (Å²) >= 11 is 0. The maximum atomic E-state index is 12.5. The van der Waals surface area contributed by atoms with Gasteiger partial charge in [0.1, 0.15) is 0 Å². The Balaban J connectivity index is 1.87. The van der Waals surface area contributed by atoms with Gasteiger partial charge in [-0.25, -0.2) is 8.42 Å². The van der Waals surface area contributed by atoms with Crippen molar-refractivity contribution in [2.75, 3.05) is 13.1 Å². The standard InChI is InChI=1S/C12H15N3O4S/c13-11-7-14(8-12(11)5-6-12)20(18,19)10-3-1-9(2-4-10)15(16)17/h1-4,11H,5-8,13H2. The molecule has 2 N–H and O–H groups in total. The molecule has 1 aromatic carbocycles. The van der Waals surface area contributed by atoms with E-state index in [4.69, 9.17) is 5.73 Å². The SMILES string of the molecule is NC1CN(S(=O)(=O)c2ccc([N+](=O)[O-])cc2)CC12CC2. The van der Waals surface area contributed by atoms with Crippen molar-refractivity contribution >= 4 is 15.7 Å². The lowest BCUT2D eigenvalue weighted by molar-refractivity contribution is -0.384. The van der Waals surface area contributed by atoms with Crippen molar-refractivity contribution < 1.29 is 13.3 Å². The second kappa shape index (κ2) is 4.24. The molecular formula is C12H15N3O4S. The summed E-state index contributed by atoms with van der Waals surface area (Å²) < 4.78 is 26.3. The second-order valence-corrected chi connectivity index (χ2v) is 7.46. The molecule has 0 amide bonds. The third-order valence-corrected chi connectivity index (χ3v) is 6.08. The molecule has 2 fully saturated rings. The number of nitrogens with two attached hydrogens (primary N) is 1. The molecule has 1 saturated heterocycles. The van der Waals surface area contributed by atoms with Gasteiger partial charge in [0, 0.05) is 36.7 Å². The molecule has 1 saturated carbocycles. The van der Waals surface area contributed by atoms with Crippen LogP contribution in [0, 0.1) is 15.5 Å². The van der Waals surface area contributed by atoms with Crippen LogP contribution in [0.5, 0.6) is 0 Å². The number of nitro benzene ring substituents is 1. The molecule has 1 aliphatic carbocycles. The van der Waals surface area contributed by atoms with Gasteiger partial charge in [0.25, 0.3) is 5.69 Å². The predicted octanol–water partition coefficient (Wildman–Crippen LogP) is 0.707. The van der Waals surface area contributed by atoms with Gasteiger partial charge in [-0.15, -0.1) is 0 Å². The fraction of sp³-hybridized carbons (Fsp3) is 0.500. The van der Waals surface area contributed by atoms with Crippen LogP contribution in [-0.2, 0) is 10.0 Å². The van der Waals surface area contributed by atoms with Crippen molar-refractivity contribution in [3.8, 4) is 0 Å². The smallest absolute Gasteiger partial charge is 0.269 e. The molecule has 8 heteroatoms. The average molecular weight is 297 g/mol. The monoisotopic (exact) mass is 297 g/mol. The number of non-ortho nitro benzene ring substituents is 1. The minimum atomic E-state index is -3.61. The van der Waals surface area contributed by atoms with Crippen LogP contribution in [0.25, 0.3) is 0 Å². The molecule has 0 radical (unpaired) electrons. The fourth-order valence-corrected chi connectivity index (χ4v) is 4.27. The highest BCUT2D eigenvalue weighted by Gasteiger charge is 2.55. The van der Waals surface area contributed by atoms with Gasteiger partial charge in [0.05, 0.1) is 9.82 Å². The Kier molecular flexibility index (Phi) is 2.86. The Morgan fingerprint density at radius 3 is 2.35 bits per heavy atom. The van der Waals surface area contributed by atoms with Crippen LogP contribution >= 0.6 is 0 Å². The normalized spacial score (nSPS) is 24.9. The molecule has 0 aromatic heterocycles. The number of sulfonamides is 1. The first-order valence-corrected chi connectivity index (χ1v) is 7.79. The molecule has 1 spiro atoms. The molecular weight excluding hydrogens is 282 g/mol. The van der Waals surface area contributed by atoms with Gasteiger partial charge >= 0.3 is 0 Å². The summed E-state index contributed by atoms with van der Waals surface area (Å²) in [6.07, 6.45) is 1.95. The fourth-order valence-electron chi connectivity index (χ4n) is 2.71. The average Bonchev–Trinajstić information content (AvgIpc) is 3.11. The molecule has 1 aromatic rings. The van der Waals surface area contributed by atoms with E-state index in [1.807, 2.05) is 0 Å². The first kappa shape index (κ1) is 13.5. The number of rotatable bonds is 3. The molecule has 2 aliphatic rings. The van der Waals surface area contributed by atoms with Gasteiger partial charge in [0.2, 0.25) is 10.0 Å². The van der Waals surface area contributed by atoms with E-state index >= 15 is 0 Å². The summed E-state index contributed by atoms with van der Waals surface area (Å²) in [6, 6.07) is 4.84. The number of nitro groups is 1. The van der Waals surface area contributed by atoms with Gasteiger partial charge in [-0.2, -0.15) is 4.31 Å². The maximum Gasteiger partial charge on any atom is 0.269 e. The maximum absolute atomic E-state index is 12.5. The Morgan fingerprint density at radius 1 is 1.30 bits per heavy atom. The van der Waals surface area contributed by atoms with Crippen LogP contribution in [0.2, 0.25) is 0 Å². The highest BCUT2D eigenvalue weighted by Crippen LogP contribution is 2.52. The molecule has 108 valence electrons. The number of hydrogen-bond acceptors (Lipinski definition) is 5. The van der Waals surface area contributed by atoms with E-state index in [1.54, 1.807) is 0 Å². The Bertz CT molecular complexity index is 652. The molecule has 7 nitrogen and oxygen atoms in total. The summed E-state index contributed by atoms with van der Waals surface area (Å²) in [5.41, 5.74) is 5.85. The number of benzene rings is 1. The van der Waals surface area contributed by atoms with Crippen molar-refractivity contribution in [1.82, 2.24) is 4.31 Å². The summed E-state index contributed by atoms with van der Waals surface area (Å²) in [7, 11) is -3.61. The molecule has 1 atom stereocenters. The van der Waals surface area contributed by atoms with Gasteiger partial charge in [-0.05, 0) is 25.0 Å². The zero-order valence-corrected chi connectivity index (χ0v) is 11.5. The molecule has 1 aliphatic heterocycles. The Hall–Kier alpha value is -1.51. The second-order valence-electron chi connectivity index (χ2n) is 5.52. The third-order valence-electron chi connectivity index (χ3n) is 4.26. The van der Waals surface area contributed by atoms with E-state index in [0.717, 1.165) is 12.8 Å². The third kappa shape index (κ3) is 2.00. The topological polar surface area (TPSA) is 107 Å². The number of hydrogen-bond donors (Lipinski definition) is 1. The van der Waals surface area contributed by atoms with Crippen molar-refractivity contribution in [1.29, 1.82) is 0 Å². The van der Waals surface area contributed by atoms with Gasteiger partial charge < -0.3 is 5.73 Å². The van der Waals surface area contributed by atoms with E-state index < -0.39 is 14.9 Å². The van der Waals surface area contributed by atoms with E-state index in [2.05, 4.69) is 0 Å². The van der Waals surface area contributed by atoms with Crippen molar-refractivity contribution in [2.45, 2.75) is 23.8 Å². The highest BCUT2D eigenvalue weighted by atomic mass is 32.2. The minimum absolute atomic E-state index is 0.0339. The largest absolute Gasteiger partial charge is 0.326 e. The van der Waals surface area contributed by atoms with E-state index in [-0.39, 0.29) is 22.0 Å². The first-order chi connectivity index (χ1) is 9.35. The van der Waals surface area contributed by atoms with Gasteiger partial charge in [0.15, 0.2) is 0 Å². The summed E-state index contributed by atoms with van der Waals surface area (Å²) in [4.78, 5) is 10.1. The summed E-state index contributed by atoms with van der Waals surface area (Å²) in [5.74, 6) is 0. The Labute approximate surface area is 116 Å². The lowest BCUT2D eigenvalue weighted by atomic mass is 10.0. The zero-order valence-electron chi connectivity index (χ0n) is 10.7. The van der Waals surface area contributed by atoms with E-state index in [1.165, 1.54) is 28.6 Å². The Morgan fingerprint density at radius 2 is 1.90 bits per heavy atom. The molecule has 1 heterocycles. The van der Waals surface area contributed by atoms with Gasteiger partial charge in [-0.3, -0.25) is 10.1 Å². The van der Waals surface area contributed by atoms with E-state index in [0.29, 0.717) is 13.1 Å². The van der Waals surface area contributed by atoms with Crippen LogP contribution in [0.3, 0.4) is 0 Å². The minimum Gasteiger partial charge on any atom is -0.326 e. The molecule has 0 bridgehead atoms. The first-order valence-electron chi connectivity index (χ1n) is 6.35. The summed E-state index contributed by atoms with van der Waals surface area (Å²) in [6.45, 7) is 0.771. The predicted molar refractivity (Wildman–Crippen MR) is 71.5 cm³/mol. The van der Waals surface area contributed by atoms with Gasteiger partial charge in [-0.1, -0.05) is 0 Å². The molecule has 3 rings (SSSR count). The zero-order chi connectivity index (χ0) is 14.5. The van der Waals surface area contributed by atoms with Crippen LogP contribution in [0.4, 0.5) is 5.69 Å². The van der Waals surface area contributed by atoms with Crippen LogP contribution < -0.4 is 5.73 Å². The van der Waals surface area contributed by atoms with Crippen molar-refractivity contribution in [3.63, 3.8) is 0 Å². The van der Waals surface area contributed by atoms with Crippen LogP contribution in [-0.4, -0.2) is 36.8 Å². The van der Waals surface area contributed by atoms with Crippen LogP contribution in [0.15, 0.2) is 29.2 Å². The molecule has 1 unspecified atom stereocenters. The van der Waals surface area contributed by atoms with Crippen LogP contribution in [0.1, 0.15) is 12.8 Å². The lowest BCUT2D eigenvalue weighted by Gasteiger charge is -2.16. The van der Waals surface area contributed by atoms with Crippen molar-refractivity contribution in [2.24, 2.45) is 11.1 Å². The molecule has 20 heavy (non-hydrogen) atoms. The lowest BCUT2D eigenvalue weighted by Crippen LogP contribution is -2.32. The quantitative estimate of drug-likeness (QED) is 0.653. The van der Waals surface area contributed by atoms with E-state index in [9.17, 15) is 18.5 Å². The number of nitrogens with zero attached hydrogens (tertiary/aromatic N) is 2.